The number of carbonyl (C=O) groups is 1. The van der Waals surface area contributed by atoms with Crippen molar-refractivity contribution in [1.29, 1.82) is 5.26 Å². The molecule has 1 fully saturated rings. The maximum atomic E-state index is 12.6. The molecule has 1 aromatic rings. The zero-order chi connectivity index (χ0) is 14.4. The molecular formula is C16H20N2O2. The van der Waals surface area contributed by atoms with E-state index in [1.165, 1.54) is 0 Å². The van der Waals surface area contributed by atoms with Crippen molar-refractivity contribution >= 4 is 5.91 Å². The Morgan fingerprint density at radius 1 is 1.30 bits per heavy atom. The van der Waals surface area contributed by atoms with Gasteiger partial charge >= 0.3 is 0 Å². The van der Waals surface area contributed by atoms with Gasteiger partial charge in [0.1, 0.15) is 6.54 Å². The third-order valence-electron chi connectivity index (χ3n) is 4.03. The van der Waals surface area contributed by atoms with Gasteiger partial charge in [0.05, 0.1) is 6.07 Å². The molecule has 4 nitrogen and oxygen atoms in total. The molecule has 0 radical (unpaired) electrons. The zero-order valence-corrected chi connectivity index (χ0v) is 11.5. The first-order chi connectivity index (χ1) is 9.77. The van der Waals surface area contributed by atoms with Crippen molar-refractivity contribution in [2.75, 3.05) is 13.2 Å². The van der Waals surface area contributed by atoms with Gasteiger partial charge in [0.2, 0.25) is 0 Å². The van der Waals surface area contributed by atoms with E-state index in [1.54, 1.807) is 17.0 Å². The van der Waals surface area contributed by atoms with Gasteiger partial charge in [-0.3, -0.25) is 4.79 Å². The SMILES string of the molecule is N#CCN(C(=O)c1ccccc1)[C@@H]1CCCC[C@H]1CO. The highest BCUT2D eigenvalue weighted by molar-refractivity contribution is 5.94. The summed E-state index contributed by atoms with van der Waals surface area (Å²) in [6, 6.07) is 11.1. The summed E-state index contributed by atoms with van der Waals surface area (Å²) in [4.78, 5) is 14.2. The van der Waals surface area contributed by atoms with Crippen molar-refractivity contribution in [2.24, 2.45) is 5.92 Å². The lowest BCUT2D eigenvalue weighted by molar-refractivity contribution is 0.0475. The van der Waals surface area contributed by atoms with E-state index in [2.05, 4.69) is 6.07 Å². The summed E-state index contributed by atoms with van der Waals surface area (Å²) >= 11 is 0. The fourth-order valence-electron chi connectivity index (χ4n) is 2.97. The largest absolute Gasteiger partial charge is 0.396 e. The van der Waals surface area contributed by atoms with Gasteiger partial charge < -0.3 is 10.0 Å². The Morgan fingerprint density at radius 3 is 2.65 bits per heavy atom. The smallest absolute Gasteiger partial charge is 0.254 e. The summed E-state index contributed by atoms with van der Waals surface area (Å²) < 4.78 is 0. The van der Waals surface area contributed by atoms with E-state index < -0.39 is 0 Å². The molecule has 2 atom stereocenters. The van der Waals surface area contributed by atoms with Gasteiger partial charge in [0.15, 0.2) is 0 Å². The van der Waals surface area contributed by atoms with Crippen LogP contribution < -0.4 is 0 Å². The molecule has 2 rings (SSSR count). The van der Waals surface area contributed by atoms with Crippen LogP contribution in [-0.2, 0) is 0 Å². The molecule has 1 saturated carbocycles. The highest BCUT2D eigenvalue weighted by Gasteiger charge is 2.32. The van der Waals surface area contributed by atoms with Crippen LogP contribution in [0.3, 0.4) is 0 Å². The van der Waals surface area contributed by atoms with Crippen LogP contribution in [0, 0.1) is 17.2 Å². The molecule has 1 aliphatic carbocycles. The number of amides is 1. The maximum absolute atomic E-state index is 12.6. The summed E-state index contributed by atoms with van der Waals surface area (Å²) in [6.07, 6.45) is 3.92. The third-order valence-corrected chi connectivity index (χ3v) is 4.03. The minimum atomic E-state index is -0.113. The molecular weight excluding hydrogens is 252 g/mol. The molecule has 0 unspecified atom stereocenters. The van der Waals surface area contributed by atoms with Gasteiger partial charge in [-0.1, -0.05) is 31.0 Å². The van der Waals surface area contributed by atoms with Crippen LogP contribution in [-0.4, -0.2) is 35.1 Å². The van der Waals surface area contributed by atoms with Gasteiger partial charge in [0.25, 0.3) is 5.91 Å². The van der Waals surface area contributed by atoms with E-state index in [1.807, 2.05) is 18.2 Å². The van der Waals surface area contributed by atoms with Crippen LogP contribution in [0.4, 0.5) is 0 Å². The van der Waals surface area contributed by atoms with Crippen LogP contribution in [0.5, 0.6) is 0 Å². The summed E-state index contributed by atoms with van der Waals surface area (Å²) in [7, 11) is 0. The Labute approximate surface area is 119 Å². The Morgan fingerprint density at radius 2 is 2.00 bits per heavy atom. The number of hydrogen-bond acceptors (Lipinski definition) is 3. The van der Waals surface area contributed by atoms with Gasteiger partial charge in [-0.2, -0.15) is 5.26 Å². The third kappa shape index (κ3) is 3.17. The van der Waals surface area contributed by atoms with Crippen LogP contribution >= 0.6 is 0 Å². The predicted octanol–water partition coefficient (Wildman–Crippen LogP) is 2.20. The second kappa shape index (κ2) is 7.06. The molecule has 0 saturated heterocycles. The molecule has 4 heteroatoms. The van der Waals surface area contributed by atoms with Crippen LogP contribution in [0.25, 0.3) is 0 Å². The molecule has 1 N–H and O–H groups in total. The van der Waals surface area contributed by atoms with E-state index in [0.29, 0.717) is 5.56 Å². The lowest BCUT2D eigenvalue weighted by atomic mass is 9.83. The number of nitriles is 1. The molecule has 0 bridgehead atoms. The molecule has 1 amide bonds. The maximum Gasteiger partial charge on any atom is 0.254 e. The minimum Gasteiger partial charge on any atom is -0.396 e. The minimum absolute atomic E-state index is 0.0268. The Bertz CT molecular complexity index is 481. The van der Waals surface area contributed by atoms with Crippen molar-refractivity contribution in [3.63, 3.8) is 0 Å². The summed E-state index contributed by atoms with van der Waals surface area (Å²) in [5.74, 6) is -0.0257. The Kier molecular flexibility index (Phi) is 5.14. The molecule has 20 heavy (non-hydrogen) atoms. The number of hydrogen-bond donors (Lipinski definition) is 1. The van der Waals surface area contributed by atoms with Crippen molar-refractivity contribution < 1.29 is 9.90 Å². The van der Waals surface area contributed by atoms with Crippen molar-refractivity contribution in [3.05, 3.63) is 35.9 Å². The van der Waals surface area contributed by atoms with E-state index in [4.69, 9.17) is 5.26 Å². The lowest BCUT2D eigenvalue weighted by Gasteiger charge is -2.38. The summed E-state index contributed by atoms with van der Waals surface area (Å²) in [5, 5.41) is 18.5. The number of carbonyl (C=O) groups excluding carboxylic acids is 1. The summed E-state index contributed by atoms with van der Waals surface area (Å²) in [5.41, 5.74) is 0.602. The number of aliphatic hydroxyl groups is 1. The van der Waals surface area contributed by atoms with E-state index in [9.17, 15) is 9.90 Å². The monoisotopic (exact) mass is 272 g/mol. The van der Waals surface area contributed by atoms with Gasteiger partial charge in [-0.05, 0) is 25.0 Å². The predicted molar refractivity (Wildman–Crippen MR) is 75.9 cm³/mol. The van der Waals surface area contributed by atoms with Crippen LogP contribution in [0.15, 0.2) is 30.3 Å². The molecule has 0 aromatic heterocycles. The average Bonchev–Trinajstić information content (AvgIpc) is 2.53. The first kappa shape index (κ1) is 14.5. The number of aliphatic hydroxyl groups excluding tert-OH is 1. The quantitative estimate of drug-likeness (QED) is 0.855. The topological polar surface area (TPSA) is 64.3 Å². The highest BCUT2D eigenvalue weighted by Crippen LogP contribution is 2.29. The van der Waals surface area contributed by atoms with Crippen molar-refractivity contribution in [2.45, 2.75) is 31.7 Å². The van der Waals surface area contributed by atoms with Gasteiger partial charge in [-0.25, -0.2) is 0 Å². The van der Waals surface area contributed by atoms with Crippen LogP contribution in [0.2, 0.25) is 0 Å². The van der Waals surface area contributed by atoms with Gasteiger partial charge in [-0.15, -0.1) is 0 Å². The zero-order valence-electron chi connectivity index (χ0n) is 11.5. The number of rotatable bonds is 4. The second-order valence-corrected chi connectivity index (χ2v) is 5.25. The van der Waals surface area contributed by atoms with E-state index in [0.717, 1.165) is 25.7 Å². The standard InChI is InChI=1S/C16H20N2O2/c17-10-11-18(15-9-5-4-8-14(15)12-19)16(20)13-6-2-1-3-7-13/h1-3,6-7,14-15,19H,4-5,8-9,11-12H2/t14-,15+/m0/s1. The number of benzene rings is 1. The molecule has 0 heterocycles. The lowest BCUT2D eigenvalue weighted by Crippen LogP contribution is -2.47. The second-order valence-electron chi connectivity index (χ2n) is 5.25. The Hall–Kier alpha value is -1.86. The van der Waals surface area contributed by atoms with E-state index in [-0.39, 0.29) is 31.0 Å². The normalized spacial score (nSPS) is 22.0. The molecule has 1 aromatic carbocycles. The number of nitrogens with zero attached hydrogens (tertiary/aromatic N) is 2. The first-order valence-electron chi connectivity index (χ1n) is 7.11. The molecule has 0 aliphatic heterocycles. The first-order valence-corrected chi connectivity index (χ1v) is 7.11. The molecule has 0 spiro atoms. The van der Waals surface area contributed by atoms with Crippen molar-refractivity contribution in [1.82, 2.24) is 4.90 Å². The Balaban J connectivity index is 2.22. The molecule has 1 aliphatic rings. The van der Waals surface area contributed by atoms with E-state index >= 15 is 0 Å². The van der Waals surface area contributed by atoms with Crippen LogP contribution in [0.1, 0.15) is 36.0 Å². The van der Waals surface area contributed by atoms with Gasteiger partial charge in [0, 0.05) is 24.1 Å². The summed E-state index contributed by atoms with van der Waals surface area (Å²) in [6.45, 7) is 0.156. The molecule has 106 valence electrons. The highest BCUT2D eigenvalue weighted by atomic mass is 16.3. The fourth-order valence-corrected chi connectivity index (χ4v) is 2.97. The average molecular weight is 272 g/mol. The van der Waals surface area contributed by atoms with Crippen molar-refractivity contribution in [3.8, 4) is 6.07 Å². The fraction of sp³-hybridized carbons (Fsp3) is 0.500.